The molecule has 106 valence electrons. The van der Waals surface area contributed by atoms with Crippen LogP contribution in [0.3, 0.4) is 0 Å². The van der Waals surface area contributed by atoms with Gasteiger partial charge in [-0.3, -0.25) is 0 Å². The van der Waals surface area contributed by atoms with Crippen LogP contribution in [0.1, 0.15) is 30.5 Å². The van der Waals surface area contributed by atoms with Crippen LogP contribution in [-0.4, -0.2) is 6.61 Å². The summed E-state index contributed by atoms with van der Waals surface area (Å²) in [5.74, 6) is 0.487. The first-order valence-corrected chi connectivity index (χ1v) is 7.35. The smallest absolute Gasteiger partial charge is 0.124 e. The molecule has 0 spiro atoms. The van der Waals surface area contributed by atoms with Crippen LogP contribution in [0.5, 0.6) is 5.75 Å². The lowest BCUT2D eigenvalue weighted by molar-refractivity contribution is 0.313. The summed E-state index contributed by atoms with van der Waals surface area (Å²) in [6.45, 7) is 2.70. The molecule has 2 aromatic carbocycles. The molecule has 0 bridgehead atoms. The molecule has 0 saturated carbocycles. The van der Waals surface area contributed by atoms with E-state index < -0.39 is 0 Å². The number of halogens is 2. The van der Waals surface area contributed by atoms with Crippen molar-refractivity contribution in [1.29, 1.82) is 0 Å². The molecule has 0 saturated heterocycles. The lowest BCUT2D eigenvalue weighted by Crippen LogP contribution is -2.14. The SMILES string of the molecule is CCCOc1ccccc1C(N)c1ccc(F)cc1Br. The zero-order chi connectivity index (χ0) is 14.5. The number of benzene rings is 2. The minimum atomic E-state index is -0.363. The third-order valence-electron chi connectivity index (χ3n) is 3.01. The van der Waals surface area contributed by atoms with E-state index in [1.807, 2.05) is 24.3 Å². The van der Waals surface area contributed by atoms with Crippen LogP contribution in [0.2, 0.25) is 0 Å². The second-order valence-electron chi connectivity index (χ2n) is 4.53. The van der Waals surface area contributed by atoms with Crippen LogP contribution >= 0.6 is 15.9 Å². The topological polar surface area (TPSA) is 35.2 Å². The van der Waals surface area contributed by atoms with E-state index in [1.165, 1.54) is 12.1 Å². The third-order valence-corrected chi connectivity index (χ3v) is 3.70. The van der Waals surface area contributed by atoms with Gasteiger partial charge >= 0.3 is 0 Å². The third kappa shape index (κ3) is 3.38. The van der Waals surface area contributed by atoms with Gasteiger partial charge in [0.2, 0.25) is 0 Å². The van der Waals surface area contributed by atoms with E-state index in [0.29, 0.717) is 11.1 Å². The van der Waals surface area contributed by atoms with E-state index in [-0.39, 0.29) is 11.9 Å². The first-order chi connectivity index (χ1) is 9.63. The van der Waals surface area contributed by atoms with Crippen LogP contribution in [0, 0.1) is 5.82 Å². The molecular formula is C16H17BrFNO. The highest BCUT2D eigenvalue weighted by Gasteiger charge is 2.16. The number of hydrogen-bond acceptors (Lipinski definition) is 2. The van der Waals surface area contributed by atoms with Crippen molar-refractivity contribution >= 4 is 15.9 Å². The van der Waals surface area contributed by atoms with E-state index in [0.717, 1.165) is 23.3 Å². The van der Waals surface area contributed by atoms with Gasteiger partial charge in [0.05, 0.1) is 12.6 Å². The minimum Gasteiger partial charge on any atom is -0.493 e. The van der Waals surface area contributed by atoms with Crippen LogP contribution in [0.25, 0.3) is 0 Å². The molecule has 1 unspecified atom stereocenters. The van der Waals surface area contributed by atoms with E-state index in [4.69, 9.17) is 10.5 Å². The van der Waals surface area contributed by atoms with Gasteiger partial charge in [0.25, 0.3) is 0 Å². The number of ether oxygens (including phenoxy) is 1. The fourth-order valence-corrected chi connectivity index (χ4v) is 2.60. The van der Waals surface area contributed by atoms with E-state index in [1.54, 1.807) is 6.07 Å². The summed E-state index contributed by atoms with van der Waals surface area (Å²) in [5, 5.41) is 0. The molecular weight excluding hydrogens is 321 g/mol. The summed E-state index contributed by atoms with van der Waals surface area (Å²) in [5.41, 5.74) is 8.04. The van der Waals surface area contributed by atoms with E-state index >= 15 is 0 Å². The lowest BCUT2D eigenvalue weighted by atomic mass is 9.99. The van der Waals surface area contributed by atoms with Gasteiger partial charge in [0.15, 0.2) is 0 Å². The van der Waals surface area contributed by atoms with Crippen molar-refractivity contribution in [2.45, 2.75) is 19.4 Å². The maximum absolute atomic E-state index is 13.2. The molecule has 0 amide bonds. The Morgan fingerprint density at radius 2 is 1.95 bits per heavy atom. The molecule has 0 fully saturated rings. The van der Waals surface area contributed by atoms with Crippen molar-refractivity contribution in [3.05, 3.63) is 63.9 Å². The molecule has 20 heavy (non-hydrogen) atoms. The molecule has 4 heteroatoms. The quantitative estimate of drug-likeness (QED) is 0.876. The largest absolute Gasteiger partial charge is 0.493 e. The Bertz CT molecular complexity index is 588. The summed E-state index contributed by atoms with van der Waals surface area (Å²) < 4.78 is 19.5. The number of nitrogens with two attached hydrogens (primary N) is 1. The Balaban J connectivity index is 2.35. The van der Waals surface area contributed by atoms with Crippen molar-refractivity contribution < 1.29 is 9.13 Å². The zero-order valence-electron chi connectivity index (χ0n) is 11.3. The molecule has 2 nitrogen and oxygen atoms in total. The average Bonchev–Trinajstić information content (AvgIpc) is 2.45. The van der Waals surface area contributed by atoms with E-state index in [9.17, 15) is 4.39 Å². The van der Waals surface area contributed by atoms with Gasteiger partial charge in [-0.05, 0) is 30.2 Å². The van der Waals surface area contributed by atoms with Crippen molar-refractivity contribution in [3.63, 3.8) is 0 Å². The van der Waals surface area contributed by atoms with Crippen molar-refractivity contribution in [2.24, 2.45) is 5.73 Å². The van der Waals surface area contributed by atoms with Gasteiger partial charge < -0.3 is 10.5 Å². The summed E-state index contributed by atoms with van der Waals surface area (Å²) >= 11 is 3.36. The highest BCUT2D eigenvalue weighted by atomic mass is 79.9. The Morgan fingerprint density at radius 1 is 1.20 bits per heavy atom. The van der Waals surface area contributed by atoms with Gasteiger partial charge in [-0.1, -0.05) is 47.1 Å². The number of rotatable bonds is 5. The predicted octanol–water partition coefficient (Wildman–Crippen LogP) is 4.43. The lowest BCUT2D eigenvalue weighted by Gasteiger charge is -2.18. The number of para-hydroxylation sites is 1. The second kappa shape index (κ2) is 6.86. The Kier molecular flexibility index (Phi) is 5.15. The van der Waals surface area contributed by atoms with Crippen molar-refractivity contribution in [1.82, 2.24) is 0 Å². The molecule has 0 aliphatic rings. The molecule has 2 aromatic rings. The fraction of sp³-hybridized carbons (Fsp3) is 0.250. The molecule has 0 aliphatic heterocycles. The summed E-state index contributed by atoms with van der Waals surface area (Å²) in [6.07, 6.45) is 0.934. The fourth-order valence-electron chi connectivity index (χ4n) is 2.00. The maximum atomic E-state index is 13.2. The van der Waals surface area contributed by atoms with E-state index in [2.05, 4.69) is 22.9 Å². The van der Waals surface area contributed by atoms with Gasteiger partial charge in [0, 0.05) is 10.0 Å². The van der Waals surface area contributed by atoms with Crippen molar-refractivity contribution in [2.75, 3.05) is 6.61 Å². The van der Waals surface area contributed by atoms with Gasteiger partial charge in [0.1, 0.15) is 11.6 Å². The van der Waals surface area contributed by atoms with Crippen LogP contribution in [-0.2, 0) is 0 Å². The van der Waals surface area contributed by atoms with Gasteiger partial charge in [-0.2, -0.15) is 0 Å². The predicted molar refractivity (Wildman–Crippen MR) is 82.4 cm³/mol. The monoisotopic (exact) mass is 337 g/mol. The summed E-state index contributed by atoms with van der Waals surface area (Å²) in [6, 6.07) is 11.8. The Hall–Kier alpha value is -1.39. The van der Waals surface area contributed by atoms with Gasteiger partial charge in [-0.15, -0.1) is 0 Å². The first kappa shape index (κ1) is 15.0. The number of hydrogen-bond donors (Lipinski definition) is 1. The molecule has 0 heterocycles. The highest BCUT2D eigenvalue weighted by Crippen LogP contribution is 2.32. The summed E-state index contributed by atoms with van der Waals surface area (Å²) in [7, 11) is 0. The molecule has 0 radical (unpaired) electrons. The summed E-state index contributed by atoms with van der Waals surface area (Å²) in [4.78, 5) is 0. The molecule has 0 aliphatic carbocycles. The molecule has 0 aromatic heterocycles. The standard InChI is InChI=1S/C16H17BrFNO/c1-2-9-20-15-6-4-3-5-13(15)16(19)12-8-7-11(18)10-14(12)17/h3-8,10,16H,2,9,19H2,1H3. The van der Waals surface area contributed by atoms with Crippen LogP contribution in [0.4, 0.5) is 4.39 Å². The second-order valence-corrected chi connectivity index (χ2v) is 5.38. The Morgan fingerprint density at radius 3 is 2.65 bits per heavy atom. The molecule has 2 rings (SSSR count). The van der Waals surface area contributed by atoms with Crippen LogP contribution < -0.4 is 10.5 Å². The maximum Gasteiger partial charge on any atom is 0.124 e. The average molecular weight is 338 g/mol. The molecule has 1 atom stereocenters. The minimum absolute atomic E-state index is 0.289. The van der Waals surface area contributed by atoms with Crippen LogP contribution in [0.15, 0.2) is 46.9 Å². The Labute approximate surface area is 126 Å². The van der Waals surface area contributed by atoms with Gasteiger partial charge in [-0.25, -0.2) is 4.39 Å². The normalized spacial score (nSPS) is 12.2. The van der Waals surface area contributed by atoms with Crippen molar-refractivity contribution in [3.8, 4) is 5.75 Å². The highest BCUT2D eigenvalue weighted by molar-refractivity contribution is 9.10. The zero-order valence-corrected chi connectivity index (χ0v) is 12.9. The first-order valence-electron chi connectivity index (χ1n) is 6.55. The molecule has 2 N–H and O–H groups in total.